The molecule has 0 radical (unpaired) electrons. The minimum absolute atomic E-state index is 0.149. The standard InChI is InChI=1S/C19H25N3O2/c1-15-7-9-17(10-8-15)20-19(24)22(12-11-21(2)3)14-16-5-4-6-18(23)13-16/h4-10,13,23H,11-12,14H2,1-3H3,(H,20,24). The first-order valence-corrected chi connectivity index (χ1v) is 7.99. The first-order chi connectivity index (χ1) is 11.4. The summed E-state index contributed by atoms with van der Waals surface area (Å²) >= 11 is 0. The number of amides is 2. The number of anilines is 1. The number of nitrogens with zero attached hydrogens (tertiary/aromatic N) is 2. The van der Waals surface area contributed by atoms with Crippen molar-refractivity contribution in [1.29, 1.82) is 0 Å². The van der Waals surface area contributed by atoms with Crippen LogP contribution in [0.5, 0.6) is 5.75 Å². The van der Waals surface area contributed by atoms with Crippen LogP contribution in [0.4, 0.5) is 10.5 Å². The number of aromatic hydroxyl groups is 1. The van der Waals surface area contributed by atoms with Crippen LogP contribution in [-0.2, 0) is 6.54 Å². The molecule has 0 unspecified atom stereocenters. The van der Waals surface area contributed by atoms with Crippen molar-refractivity contribution < 1.29 is 9.90 Å². The van der Waals surface area contributed by atoms with Gasteiger partial charge in [0.25, 0.3) is 0 Å². The van der Waals surface area contributed by atoms with E-state index in [0.29, 0.717) is 13.1 Å². The molecule has 24 heavy (non-hydrogen) atoms. The van der Waals surface area contributed by atoms with E-state index in [2.05, 4.69) is 5.32 Å². The van der Waals surface area contributed by atoms with E-state index in [-0.39, 0.29) is 11.8 Å². The Balaban J connectivity index is 2.08. The molecule has 0 aliphatic heterocycles. The summed E-state index contributed by atoms with van der Waals surface area (Å²) in [6.07, 6.45) is 0. The molecule has 0 spiro atoms. The molecule has 2 amide bonds. The molecule has 2 rings (SSSR count). The van der Waals surface area contributed by atoms with Crippen LogP contribution in [0, 0.1) is 6.92 Å². The summed E-state index contributed by atoms with van der Waals surface area (Å²) < 4.78 is 0. The third kappa shape index (κ3) is 5.59. The molecule has 0 aliphatic rings. The lowest BCUT2D eigenvalue weighted by Crippen LogP contribution is -2.39. The largest absolute Gasteiger partial charge is 0.508 e. The number of benzene rings is 2. The molecule has 2 aromatic rings. The van der Waals surface area contributed by atoms with Gasteiger partial charge in [-0.1, -0.05) is 29.8 Å². The third-order valence-corrected chi connectivity index (χ3v) is 3.69. The van der Waals surface area contributed by atoms with Crippen LogP contribution in [-0.4, -0.2) is 48.1 Å². The summed E-state index contributed by atoms with van der Waals surface area (Å²) in [7, 11) is 3.95. The smallest absolute Gasteiger partial charge is 0.322 e. The molecule has 0 saturated carbocycles. The lowest BCUT2D eigenvalue weighted by Gasteiger charge is -2.25. The molecule has 0 aliphatic carbocycles. The zero-order valence-electron chi connectivity index (χ0n) is 14.5. The van der Waals surface area contributed by atoms with Crippen LogP contribution in [0.25, 0.3) is 0 Å². The molecule has 2 N–H and O–H groups in total. The molecule has 0 aromatic heterocycles. The Kier molecular flexibility index (Phi) is 6.21. The Morgan fingerprint density at radius 2 is 1.79 bits per heavy atom. The Morgan fingerprint density at radius 1 is 1.08 bits per heavy atom. The quantitative estimate of drug-likeness (QED) is 0.856. The van der Waals surface area contributed by atoms with Crippen molar-refractivity contribution in [3.05, 3.63) is 59.7 Å². The molecule has 5 nitrogen and oxygen atoms in total. The highest BCUT2D eigenvalue weighted by atomic mass is 16.3. The molecule has 0 atom stereocenters. The maximum Gasteiger partial charge on any atom is 0.322 e. The molecule has 0 saturated heterocycles. The normalized spacial score (nSPS) is 10.7. The van der Waals surface area contributed by atoms with Crippen LogP contribution < -0.4 is 5.32 Å². The van der Waals surface area contributed by atoms with E-state index in [4.69, 9.17) is 0 Å². The average molecular weight is 327 g/mol. The van der Waals surface area contributed by atoms with Gasteiger partial charge < -0.3 is 20.2 Å². The van der Waals surface area contributed by atoms with Crippen LogP contribution in [0.2, 0.25) is 0 Å². The van der Waals surface area contributed by atoms with Crippen molar-refractivity contribution in [3.63, 3.8) is 0 Å². The predicted molar refractivity (Wildman–Crippen MR) is 97.3 cm³/mol. The van der Waals surface area contributed by atoms with E-state index in [9.17, 15) is 9.90 Å². The highest BCUT2D eigenvalue weighted by Gasteiger charge is 2.14. The van der Waals surface area contributed by atoms with Crippen molar-refractivity contribution in [1.82, 2.24) is 9.80 Å². The van der Waals surface area contributed by atoms with E-state index >= 15 is 0 Å². The van der Waals surface area contributed by atoms with Gasteiger partial charge in [-0.2, -0.15) is 0 Å². The van der Waals surface area contributed by atoms with E-state index in [1.54, 1.807) is 23.1 Å². The Morgan fingerprint density at radius 3 is 2.42 bits per heavy atom. The van der Waals surface area contributed by atoms with Gasteiger partial charge in [0.15, 0.2) is 0 Å². The van der Waals surface area contributed by atoms with Gasteiger partial charge in [-0.05, 0) is 50.8 Å². The molecule has 128 valence electrons. The minimum atomic E-state index is -0.149. The Hall–Kier alpha value is -2.53. The van der Waals surface area contributed by atoms with Crippen molar-refractivity contribution in [3.8, 4) is 5.75 Å². The van der Waals surface area contributed by atoms with Gasteiger partial charge in [0.1, 0.15) is 5.75 Å². The number of rotatable bonds is 6. The zero-order chi connectivity index (χ0) is 17.5. The summed E-state index contributed by atoms with van der Waals surface area (Å²) in [5.41, 5.74) is 2.82. The van der Waals surface area contributed by atoms with Crippen LogP contribution in [0.1, 0.15) is 11.1 Å². The van der Waals surface area contributed by atoms with Gasteiger partial charge in [0.2, 0.25) is 0 Å². The number of hydrogen-bond acceptors (Lipinski definition) is 3. The van der Waals surface area contributed by atoms with Crippen molar-refractivity contribution >= 4 is 11.7 Å². The fourth-order valence-electron chi connectivity index (χ4n) is 2.29. The van der Waals surface area contributed by atoms with Crippen LogP contribution in [0.3, 0.4) is 0 Å². The molecule has 0 fully saturated rings. The van der Waals surface area contributed by atoms with Crippen molar-refractivity contribution in [2.45, 2.75) is 13.5 Å². The van der Waals surface area contributed by atoms with Crippen molar-refractivity contribution in [2.24, 2.45) is 0 Å². The van der Waals surface area contributed by atoms with Gasteiger partial charge >= 0.3 is 6.03 Å². The van der Waals surface area contributed by atoms with Gasteiger partial charge in [-0.15, -0.1) is 0 Å². The Bertz CT molecular complexity index is 669. The number of phenolic OH excluding ortho intramolecular Hbond substituents is 1. The molecule has 0 bridgehead atoms. The van der Waals surface area contributed by atoms with Crippen LogP contribution in [0.15, 0.2) is 48.5 Å². The SMILES string of the molecule is Cc1ccc(NC(=O)N(CCN(C)C)Cc2cccc(O)c2)cc1. The van der Waals surface area contributed by atoms with Crippen molar-refractivity contribution in [2.75, 3.05) is 32.5 Å². The average Bonchev–Trinajstić information content (AvgIpc) is 2.53. The summed E-state index contributed by atoms with van der Waals surface area (Å²) in [6.45, 7) is 3.82. The maximum atomic E-state index is 12.6. The number of aryl methyl sites for hydroxylation is 1. The molecule has 0 heterocycles. The summed E-state index contributed by atoms with van der Waals surface area (Å²) in [6, 6.07) is 14.6. The number of likely N-dealkylation sites (N-methyl/N-ethyl adjacent to an activating group) is 1. The number of carbonyl (C=O) groups is 1. The summed E-state index contributed by atoms with van der Waals surface area (Å²) in [4.78, 5) is 16.4. The van der Waals surface area contributed by atoms with Gasteiger partial charge in [0, 0.05) is 25.3 Å². The second-order valence-corrected chi connectivity index (χ2v) is 6.19. The highest BCUT2D eigenvalue weighted by Crippen LogP contribution is 2.15. The van der Waals surface area contributed by atoms with Gasteiger partial charge in [0.05, 0.1) is 0 Å². The number of phenols is 1. The first kappa shape index (κ1) is 17.8. The van der Waals surface area contributed by atoms with E-state index in [1.165, 1.54) is 0 Å². The topological polar surface area (TPSA) is 55.8 Å². The Labute approximate surface area is 143 Å². The third-order valence-electron chi connectivity index (χ3n) is 3.69. The zero-order valence-corrected chi connectivity index (χ0v) is 14.5. The molecular formula is C19H25N3O2. The lowest BCUT2D eigenvalue weighted by atomic mass is 10.2. The maximum absolute atomic E-state index is 12.6. The fraction of sp³-hybridized carbons (Fsp3) is 0.316. The second kappa shape index (κ2) is 8.36. The number of carbonyl (C=O) groups excluding carboxylic acids is 1. The minimum Gasteiger partial charge on any atom is -0.508 e. The first-order valence-electron chi connectivity index (χ1n) is 7.99. The summed E-state index contributed by atoms with van der Waals surface area (Å²) in [5.74, 6) is 0.207. The predicted octanol–water partition coefficient (Wildman–Crippen LogP) is 3.30. The van der Waals surface area contributed by atoms with Crippen LogP contribution >= 0.6 is 0 Å². The van der Waals surface area contributed by atoms with Gasteiger partial charge in [-0.3, -0.25) is 0 Å². The highest BCUT2D eigenvalue weighted by molar-refractivity contribution is 5.89. The molecule has 2 aromatic carbocycles. The van der Waals surface area contributed by atoms with E-state index in [1.807, 2.05) is 56.3 Å². The van der Waals surface area contributed by atoms with E-state index < -0.39 is 0 Å². The number of hydrogen-bond donors (Lipinski definition) is 2. The second-order valence-electron chi connectivity index (χ2n) is 6.19. The molecular weight excluding hydrogens is 302 g/mol. The fourth-order valence-corrected chi connectivity index (χ4v) is 2.29. The van der Waals surface area contributed by atoms with Gasteiger partial charge in [-0.25, -0.2) is 4.79 Å². The molecule has 5 heteroatoms. The van der Waals surface area contributed by atoms with E-state index in [0.717, 1.165) is 23.4 Å². The lowest BCUT2D eigenvalue weighted by molar-refractivity contribution is 0.202. The summed E-state index contributed by atoms with van der Waals surface area (Å²) in [5, 5.41) is 12.6. The monoisotopic (exact) mass is 327 g/mol. The number of urea groups is 1. The number of nitrogens with one attached hydrogen (secondary N) is 1.